The number of aromatic nitrogens is 1. The molecule has 4 rings (SSSR count). The van der Waals surface area contributed by atoms with Crippen LogP contribution < -0.4 is 11.2 Å². The third kappa shape index (κ3) is 4.42. The number of ketones is 1. The lowest BCUT2D eigenvalue weighted by Gasteiger charge is -2.32. The Morgan fingerprint density at radius 1 is 1.33 bits per heavy atom. The van der Waals surface area contributed by atoms with Crippen LogP contribution in [0.25, 0.3) is 5.70 Å². The lowest BCUT2D eigenvalue weighted by Crippen LogP contribution is -2.41. The summed E-state index contributed by atoms with van der Waals surface area (Å²) in [6.45, 7) is 6.94. The summed E-state index contributed by atoms with van der Waals surface area (Å²) in [5, 5.41) is 5.16. The molecule has 2 aliphatic carbocycles. The van der Waals surface area contributed by atoms with E-state index in [1.54, 1.807) is 11.3 Å². The highest BCUT2D eigenvalue weighted by molar-refractivity contribution is 5.88. The molecule has 2 fully saturated rings. The Hall–Kier alpha value is -2.25. The molecule has 1 unspecified atom stereocenters. The number of carbonyl (C=O) groups excluding carboxylic acids is 1. The summed E-state index contributed by atoms with van der Waals surface area (Å²) >= 11 is 0. The number of nitrogens with one attached hydrogen (secondary N) is 2. The molecule has 0 radical (unpaired) electrons. The summed E-state index contributed by atoms with van der Waals surface area (Å²) < 4.78 is 0. The maximum Gasteiger partial charge on any atom is 0.152 e. The lowest BCUT2D eigenvalue weighted by atomic mass is 9.79. The van der Waals surface area contributed by atoms with E-state index in [0.29, 0.717) is 23.5 Å². The molecule has 1 aromatic heterocycles. The number of Topliss-reactive ketones (excluding diaryl/α,β-unsaturated/α-hetero) is 1. The minimum absolute atomic E-state index is 0.0482. The third-order valence-corrected chi connectivity index (χ3v) is 6.75. The first kappa shape index (κ1) is 21.0. The van der Waals surface area contributed by atoms with Crippen molar-refractivity contribution < 1.29 is 4.79 Å². The summed E-state index contributed by atoms with van der Waals surface area (Å²) in [4.78, 5) is 24.4. The van der Waals surface area contributed by atoms with Crippen molar-refractivity contribution in [1.82, 2.24) is 15.3 Å². The fourth-order valence-electron chi connectivity index (χ4n) is 4.88. The molecule has 0 bridgehead atoms. The number of aromatic amines is 1. The Kier molecular flexibility index (Phi) is 6.49. The Morgan fingerprint density at radius 2 is 2.07 bits per heavy atom. The fraction of sp³-hybridized carbons (Fsp3) is 0.609. The largest absolute Gasteiger partial charge is 0.346 e. The molecule has 3 aliphatic rings. The van der Waals surface area contributed by atoms with E-state index in [1.165, 1.54) is 0 Å². The predicted octanol–water partition coefficient (Wildman–Crippen LogP) is 3.78. The van der Waals surface area contributed by atoms with E-state index in [9.17, 15) is 4.79 Å². The highest BCUT2D eigenvalue weighted by atomic mass is 16.1. The molecule has 1 aliphatic heterocycles. The number of aliphatic imine (C=N–C) groups is 2. The number of fused-ring (bicyclic) bond motifs is 1. The van der Waals surface area contributed by atoms with Crippen molar-refractivity contribution in [2.45, 2.75) is 64.3 Å². The zero-order valence-corrected chi connectivity index (χ0v) is 17.9. The van der Waals surface area contributed by atoms with Gasteiger partial charge in [-0.15, -0.1) is 0 Å². The fourth-order valence-corrected chi connectivity index (χ4v) is 4.88. The molecule has 0 saturated heterocycles. The molecule has 1 atom stereocenters. The van der Waals surface area contributed by atoms with Crippen molar-refractivity contribution in [1.29, 1.82) is 0 Å². The van der Waals surface area contributed by atoms with E-state index in [4.69, 9.17) is 5.84 Å². The number of carbonyl (C=O) groups is 1. The van der Waals surface area contributed by atoms with Crippen molar-refractivity contribution in [3.05, 3.63) is 23.5 Å². The van der Waals surface area contributed by atoms with Crippen LogP contribution in [0.5, 0.6) is 0 Å². The molecule has 30 heavy (non-hydrogen) atoms. The van der Waals surface area contributed by atoms with E-state index in [0.717, 1.165) is 80.7 Å². The maximum atomic E-state index is 12.5. The van der Waals surface area contributed by atoms with Gasteiger partial charge in [0.1, 0.15) is 12.2 Å². The minimum Gasteiger partial charge on any atom is -0.346 e. The minimum atomic E-state index is 0.0482. The number of hydrogen-bond acceptors (Lipinski definition) is 6. The first-order chi connectivity index (χ1) is 14.6. The first-order valence-corrected chi connectivity index (χ1v) is 11.4. The highest BCUT2D eigenvalue weighted by Crippen LogP contribution is 2.40. The number of allylic oxidation sites excluding steroid dienone is 1. The molecular formula is C23H34N6O. The molecule has 2 saturated carbocycles. The van der Waals surface area contributed by atoms with Gasteiger partial charge in [-0.1, -0.05) is 13.3 Å². The van der Waals surface area contributed by atoms with E-state index in [-0.39, 0.29) is 6.04 Å². The second-order valence-corrected chi connectivity index (χ2v) is 8.93. The van der Waals surface area contributed by atoms with Gasteiger partial charge in [-0.3, -0.25) is 14.8 Å². The van der Waals surface area contributed by atoms with Crippen LogP contribution >= 0.6 is 0 Å². The Labute approximate surface area is 178 Å². The number of hydrogen-bond donors (Lipinski definition) is 3. The van der Waals surface area contributed by atoms with Gasteiger partial charge in [0.2, 0.25) is 0 Å². The van der Waals surface area contributed by atoms with Gasteiger partial charge >= 0.3 is 0 Å². The molecule has 4 N–H and O–H groups in total. The topological polar surface area (TPSA) is 98.9 Å². The predicted molar refractivity (Wildman–Crippen MR) is 121 cm³/mol. The zero-order valence-electron chi connectivity index (χ0n) is 17.9. The van der Waals surface area contributed by atoms with Gasteiger partial charge in [0.05, 0.1) is 17.4 Å². The Bertz CT molecular complexity index is 829. The number of rotatable bonds is 9. The van der Waals surface area contributed by atoms with Gasteiger partial charge in [0, 0.05) is 23.6 Å². The summed E-state index contributed by atoms with van der Waals surface area (Å²) in [5.74, 6) is 8.74. The van der Waals surface area contributed by atoms with Gasteiger partial charge in [0.25, 0.3) is 0 Å². The average molecular weight is 411 g/mol. The summed E-state index contributed by atoms with van der Waals surface area (Å²) in [6, 6.07) is 2.04. The molecule has 162 valence electrons. The monoisotopic (exact) mass is 410 g/mol. The summed E-state index contributed by atoms with van der Waals surface area (Å²) in [6.07, 6.45) is 12.0. The van der Waals surface area contributed by atoms with Crippen LogP contribution in [0.3, 0.4) is 0 Å². The standard InChI is InChI=1S/C23H34N6O/c1-3-4-19(22(30)17-9-10-17)27-13-15-5-7-16(8-6-15)20(25-2)21-18-11-12-26-23(18)28-14-29(21)24/h11-12,14-17,19,26-27H,2-10,13,24H2,1H3/b21-20-. The van der Waals surface area contributed by atoms with Crippen LogP contribution in [0.4, 0.5) is 5.82 Å². The van der Waals surface area contributed by atoms with E-state index >= 15 is 0 Å². The van der Waals surface area contributed by atoms with Crippen LogP contribution in [0, 0.1) is 17.8 Å². The van der Waals surface area contributed by atoms with E-state index in [2.05, 4.69) is 33.9 Å². The second-order valence-electron chi connectivity index (χ2n) is 8.93. The maximum absolute atomic E-state index is 12.5. The van der Waals surface area contributed by atoms with Gasteiger partial charge in [0.15, 0.2) is 5.78 Å². The summed E-state index contributed by atoms with van der Waals surface area (Å²) in [5.41, 5.74) is 2.84. The second kappa shape index (κ2) is 9.27. The lowest BCUT2D eigenvalue weighted by molar-refractivity contribution is -0.122. The smallest absolute Gasteiger partial charge is 0.152 e. The summed E-state index contributed by atoms with van der Waals surface area (Å²) in [7, 11) is 0. The quantitative estimate of drug-likeness (QED) is 0.426. The first-order valence-electron chi connectivity index (χ1n) is 11.4. The van der Waals surface area contributed by atoms with Gasteiger partial charge < -0.3 is 10.3 Å². The molecule has 2 heterocycles. The van der Waals surface area contributed by atoms with Crippen LogP contribution in [0.1, 0.15) is 63.9 Å². The van der Waals surface area contributed by atoms with Crippen molar-refractivity contribution in [3.63, 3.8) is 0 Å². The molecular weight excluding hydrogens is 376 g/mol. The normalized spacial score (nSPS) is 26.3. The molecule has 0 spiro atoms. The van der Waals surface area contributed by atoms with E-state index in [1.807, 2.05) is 12.3 Å². The zero-order chi connectivity index (χ0) is 21.1. The van der Waals surface area contributed by atoms with Crippen LogP contribution in [0.2, 0.25) is 0 Å². The number of nitrogens with two attached hydrogens (primary N) is 1. The van der Waals surface area contributed by atoms with Crippen LogP contribution in [-0.2, 0) is 4.79 Å². The Balaban J connectivity index is 1.37. The molecule has 7 heteroatoms. The van der Waals surface area contributed by atoms with Gasteiger partial charge in [-0.25, -0.2) is 10.8 Å². The molecule has 0 amide bonds. The van der Waals surface area contributed by atoms with E-state index < -0.39 is 0 Å². The molecule has 0 aromatic carbocycles. The molecule has 1 aromatic rings. The Morgan fingerprint density at radius 3 is 2.73 bits per heavy atom. The highest BCUT2D eigenvalue weighted by Gasteiger charge is 2.35. The van der Waals surface area contributed by atoms with Crippen molar-refractivity contribution >= 4 is 30.4 Å². The SMILES string of the molecule is C=N/C(=C1/c2cc[nH]c2N=CN1N)C1CCC(CNC(CCC)C(=O)C2CC2)CC1. The third-order valence-electron chi connectivity index (χ3n) is 6.75. The number of hydrazine groups is 1. The number of H-pyrrole nitrogens is 1. The van der Waals surface area contributed by atoms with Gasteiger partial charge in [-0.2, -0.15) is 0 Å². The van der Waals surface area contributed by atoms with Crippen LogP contribution in [-0.4, -0.2) is 41.4 Å². The van der Waals surface area contributed by atoms with Crippen molar-refractivity contribution in [2.24, 2.45) is 33.6 Å². The van der Waals surface area contributed by atoms with Crippen LogP contribution in [0.15, 0.2) is 27.9 Å². The van der Waals surface area contributed by atoms with Crippen molar-refractivity contribution in [3.8, 4) is 0 Å². The molecule has 7 nitrogen and oxygen atoms in total. The number of nitrogens with zero attached hydrogens (tertiary/aromatic N) is 3. The van der Waals surface area contributed by atoms with Crippen molar-refractivity contribution in [2.75, 3.05) is 6.54 Å². The average Bonchev–Trinajstić information content (AvgIpc) is 3.51. The van der Waals surface area contributed by atoms with Gasteiger partial charge in [-0.05, 0) is 70.2 Å².